The Kier molecular flexibility index (Phi) is 13.6. The highest BCUT2D eigenvalue weighted by atomic mass is 16.3. The number of aromatic nitrogens is 1. The maximum Gasteiger partial charge on any atom is 0.264 e. The molecule has 2 N–H and O–H groups in total. The Labute approximate surface area is 172 Å². The Hall–Kier alpha value is -1.45. The van der Waals surface area contributed by atoms with Crippen molar-refractivity contribution < 1.29 is 10.2 Å². The maximum atomic E-state index is 11.5. The SMILES string of the molecule is CCCCCCCCCCCCCCCCCCn1cc(O)c(=O)c(O)c1C. The highest BCUT2D eigenvalue weighted by molar-refractivity contribution is 5.33. The molecule has 0 saturated carbocycles. The zero-order valence-electron chi connectivity index (χ0n) is 18.3. The van der Waals surface area contributed by atoms with Gasteiger partial charge < -0.3 is 14.8 Å². The second-order valence-electron chi connectivity index (χ2n) is 8.27. The van der Waals surface area contributed by atoms with Crippen molar-refractivity contribution in [1.82, 2.24) is 4.57 Å². The number of hydrogen-bond acceptors (Lipinski definition) is 3. The first-order valence-electron chi connectivity index (χ1n) is 11.7. The zero-order valence-corrected chi connectivity index (χ0v) is 18.3. The fraction of sp³-hybridized carbons (Fsp3) is 0.792. The summed E-state index contributed by atoms with van der Waals surface area (Å²) >= 11 is 0. The Morgan fingerprint density at radius 3 is 1.54 bits per heavy atom. The number of rotatable bonds is 17. The average Bonchev–Trinajstić information content (AvgIpc) is 2.69. The third-order valence-electron chi connectivity index (χ3n) is 5.75. The van der Waals surface area contributed by atoms with E-state index in [9.17, 15) is 15.0 Å². The van der Waals surface area contributed by atoms with E-state index in [4.69, 9.17) is 0 Å². The van der Waals surface area contributed by atoms with Crippen LogP contribution >= 0.6 is 0 Å². The van der Waals surface area contributed by atoms with Gasteiger partial charge >= 0.3 is 0 Å². The molecule has 1 rings (SSSR count). The summed E-state index contributed by atoms with van der Waals surface area (Å²) in [6, 6.07) is 0. The lowest BCUT2D eigenvalue weighted by molar-refractivity contribution is 0.417. The minimum absolute atomic E-state index is 0.337. The minimum atomic E-state index is -0.680. The molecule has 162 valence electrons. The van der Waals surface area contributed by atoms with Crippen molar-refractivity contribution in [2.75, 3.05) is 0 Å². The van der Waals surface area contributed by atoms with Crippen molar-refractivity contribution in [3.63, 3.8) is 0 Å². The van der Waals surface area contributed by atoms with Gasteiger partial charge in [0.15, 0.2) is 11.5 Å². The fourth-order valence-electron chi connectivity index (χ4n) is 3.79. The Morgan fingerprint density at radius 1 is 0.714 bits per heavy atom. The lowest BCUT2D eigenvalue weighted by atomic mass is 10.0. The molecule has 4 nitrogen and oxygen atoms in total. The molecule has 0 spiro atoms. The van der Waals surface area contributed by atoms with Crippen molar-refractivity contribution in [1.29, 1.82) is 0 Å². The molecule has 1 aromatic heterocycles. The van der Waals surface area contributed by atoms with Crippen molar-refractivity contribution in [2.45, 2.75) is 123 Å². The van der Waals surface area contributed by atoms with E-state index in [0.717, 1.165) is 19.4 Å². The number of unbranched alkanes of at least 4 members (excludes halogenated alkanes) is 15. The molecule has 0 saturated heterocycles. The number of nitrogens with zero attached hydrogens (tertiary/aromatic N) is 1. The fourth-order valence-corrected chi connectivity index (χ4v) is 3.79. The number of pyridine rings is 1. The van der Waals surface area contributed by atoms with E-state index in [0.29, 0.717) is 5.69 Å². The largest absolute Gasteiger partial charge is 0.503 e. The molecule has 0 aliphatic carbocycles. The lowest BCUT2D eigenvalue weighted by Crippen LogP contribution is -2.11. The zero-order chi connectivity index (χ0) is 20.6. The molecule has 0 aliphatic heterocycles. The molecule has 1 aromatic rings. The maximum absolute atomic E-state index is 11.5. The van der Waals surface area contributed by atoms with Crippen LogP contribution in [0.25, 0.3) is 0 Å². The molecule has 1 heterocycles. The minimum Gasteiger partial charge on any atom is -0.503 e. The average molecular weight is 394 g/mol. The summed E-state index contributed by atoms with van der Waals surface area (Å²) in [6.45, 7) is 4.71. The van der Waals surface area contributed by atoms with Crippen molar-refractivity contribution in [3.05, 3.63) is 22.1 Å². The van der Waals surface area contributed by atoms with Gasteiger partial charge in [-0.15, -0.1) is 0 Å². The van der Waals surface area contributed by atoms with Crippen molar-refractivity contribution >= 4 is 0 Å². The summed E-state index contributed by atoms with van der Waals surface area (Å²) in [5.41, 5.74) is -0.149. The number of aromatic hydroxyl groups is 2. The molecule has 0 aliphatic rings. The van der Waals surface area contributed by atoms with Crippen LogP contribution in [0.2, 0.25) is 0 Å². The van der Waals surface area contributed by atoms with Gasteiger partial charge in [0.1, 0.15) is 0 Å². The molecule has 0 radical (unpaired) electrons. The van der Waals surface area contributed by atoms with Gasteiger partial charge in [-0.2, -0.15) is 0 Å². The number of aryl methyl sites for hydroxylation is 1. The molecular formula is C24H43NO3. The summed E-state index contributed by atoms with van der Waals surface area (Å²) in [7, 11) is 0. The molecule has 0 unspecified atom stereocenters. The van der Waals surface area contributed by atoms with Gasteiger partial charge in [0.05, 0.1) is 11.9 Å². The standard InChI is InChI=1S/C24H43NO3/c1-3-4-5-6-7-8-9-10-11-12-13-14-15-16-17-18-19-25-20-22(26)24(28)23(27)21(25)2/h20,26-27H,3-19H2,1-2H3. The van der Waals surface area contributed by atoms with E-state index in [-0.39, 0.29) is 11.5 Å². The first-order valence-corrected chi connectivity index (χ1v) is 11.7. The van der Waals surface area contributed by atoms with Crippen LogP contribution in [0.3, 0.4) is 0 Å². The molecule has 0 aromatic carbocycles. The quantitative estimate of drug-likeness (QED) is 0.285. The Morgan fingerprint density at radius 2 is 1.11 bits per heavy atom. The van der Waals surface area contributed by atoms with Crippen LogP contribution in [-0.2, 0) is 6.54 Å². The van der Waals surface area contributed by atoms with Crippen LogP contribution in [-0.4, -0.2) is 14.8 Å². The van der Waals surface area contributed by atoms with Gasteiger partial charge in [-0.3, -0.25) is 4.79 Å². The smallest absolute Gasteiger partial charge is 0.264 e. The first kappa shape index (κ1) is 24.6. The van der Waals surface area contributed by atoms with Gasteiger partial charge in [0.25, 0.3) is 5.43 Å². The molecule has 0 amide bonds. The monoisotopic (exact) mass is 393 g/mol. The van der Waals surface area contributed by atoms with Crippen molar-refractivity contribution in [2.24, 2.45) is 0 Å². The Bertz CT molecular complexity index is 580. The van der Waals surface area contributed by atoms with E-state index in [1.54, 1.807) is 11.5 Å². The van der Waals surface area contributed by atoms with E-state index in [2.05, 4.69) is 6.92 Å². The predicted octanol–water partition coefficient (Wildman–Crippen LogP) is 6.83. The van der Waals surface area contributed by atoms with E-state index in [1.165, 1.54) is 96.1 Å². The molecule has 0 fully saturated rings. The van der Waals surface area contributed by atoms with E-state index in [1.807, 2.05) is 0 Å². The van der Waals surface area contributed by atoms with Gasteiger partial charge in [0, 0.05) is 6.54 Å². The second kappa shape index (κ2) is 15.5. The van der Waals surface area contributed by atoms with Gasteiger partial charge in [-0.1, -0.05) is 103 Å². The summed E-state index contributed by atoms with van der Waals surface area (Å²) in [4.78, 5) is 11.5. The van der Waals surface area contributed by atoms with Crippen LogP contribution in [0.15, 0.2) is 11.0 Å². The Balaban J connectivity index is 1.92. The highest BCUT2D eigenvalue weighted by Crippen LogP contribution is 2.17. The van der Waals surface area contributed by atoms with Gasteiger partial charge in [0.2, 0.25) is 0 Å². The summed E-state index contributed by atoms with van der Waals surface area (Å²) in [5, 5.41) is 19.3. The van der Waals surface area contributed by atoms with E-state index >= 15 is 0 Å². The van der Waals surface area contributed by atoms with Crippen LogP contribution in [0.5, 0.6) is 11.5 Å². The van der Waals surface area contributed by atoms with Crippen LogP contribution < -0.4 is 5.43 Å². The summed E-state index contributed by atoms with van der Waals surface area (Å²) < 4.78 is 1.77. The van der Waals surface area contributed by atoms with Gasteiger partial charge in [-0.25, -0.2) is 0 Å². The first-order chi connectivity index (χ1) is 13.6. The molecule has 28 heavy (non-hydrogen) atoms. The second-order valence-corrected chi connectivity index (χ2v) is 8.27. The summed E-state index contributed by atoms with van der Waals surface area (Å²) in [6.07, 6.45) is 22.8. The molecule has 0 atom stereocenters. The van der Waals surface area contributed by atoms with Crippen LogP contribution in [0.4, 0.5) is 0 Å². The predicted molar refractivity (Wildman–Crippen MR) is 118 cm³/mol. The molecule has 0 bridgehead atoms. The normalized spacial score (nSPS) is 11.2. The molecular weight excluding hydrogens is 350 g/mol. The highest BCUT2D eigenvalue weighted by Gasteiger charge is 2.10. The topological polar surface area (TPSA) is 62.5 Å². The summed E-state index contributed by atoms with van der Waals surface area (Å²) in [5.74, 6) is -0.712. The number of hydrogen-bond donors (Lipinski definition) is 2. The van der Waals surface area contributed by atoms with Crippen LogP contribution in [0.1, 0.15) is 115 Å². The third-order valence-corrected chi connectivity index (χ3v) is 5.75. The van der Waals surface area contributed by atoms with E-state index < -0.39 is 5.43 Å². The van der Waals surface area contributed by atoms with Gasteiger partial charge in [-0.05, 0) is 13.3 Å². The third kappa shape index (κ3) is 10.2. The lowest BCUT2D eigenvalue weighted by Gasteiger charge is -2.12. The van der Waals surface area contributed by atoms with Crippen LogP contribution in [0, 0.1) is 6.92 Å². The van der Waals surface area contributed by atoms with Crippen molar-refractivity contribution in [3.8, 4) is 11.5 Å². The molecule has 4 heteroatoms.